The lowest BCUT2D eigenvalue weighted by atomic mass is 10.0. The molecule has 0 saturated heterocycles. The van der Waals surface area contributed by atoms with Gasteiger partial charge in [0.25, 0.3) is 0 Å². The molecular formula is C15H11NO3. The number of carbonyl (C=O) groups is 1. The van der Waals surface area contributed by atoms with E-state index in [1.807, 2.05) is 0 Å². The van der Waals surface area contributed by atoms with E-state index in [9.17, 15) is 15.0 Å². The van der Waals surface area contributed by atoms with Gasteiger partial charge in [-0.1, -0.05) is 12.1 Å². The summed E-state index contributed by atoms with van der Waals surface area (Å²) in [5, 5.41) is 18.7. The number of phenols is 2. The summed E-state index contributed by atoms with van der Waals surface area (Å²) < 4.78 is 0. The van der Waals surface area contributed by atoms with Crippen LogP contribution >= 0.6 is 0 Å². The van der Waals surface area contributed by atoms with Gasteiger partial charge >= 0.3 is 0 Å². The standard InChI is InChI=1S/C15H11NO3/c16-14-12-7-10(18)5-6-11(12)15(19)13(14)8-1-3-9(17)4-2-8/h1-7,17-18H,16H2. The van der Waals surface area contributed by atoms with Gasteiger partial charge in [-0.15, -0.1) is 0 Å². The van der Waals surface area contributed by atoms with Crippen molar-refractivity contribution in [2.24, 2.45) is 5.73 Å². The number of hydrogen-bond donors (Lipinski definition) is 3. The van der Waals surface area contributed by atoms with Gasteiger partial charge < -0.3 is 15.9 Å². The Morgan fingerprint density at radius 1 is 0.842 bits per heavy atom. The summed E-state index contributed by atoms with van der Waals surface area (Å²) in [4.78, 5) is 12.3. The number of carbonyl (C=O) groups excluding carboxylic acids is 1. The Bertz CT molecular complexity index is 715. The molecule has 1 aliphatic rings. The number of fused-ring (bicyclic) bond motifs is 1. The lowest BCUT2D eigenvalue weighted by Crippen LogP contribution is -1.99. The Kier molecular flexibility index (Phi) is 2.32. The molecule has 0 unspecified atom stereocenters. The summed E-state index contributed by atoms with van der Waals surface area (Å²) in [5.41, 5.74) is 8.44. The Morgan fingerprint density at radius 3 is 2.16 bits per heavy atom. The largest absolute Gasteiger partial charge is 0.508 e. The van der Waals surface area contributed by atoms with Crippen molar-refractivity contribution in [2.75, 3.05) is 0 Å². The van der Waals surface area contributed by atoms with Crippen LogP contribution in [-0.2, 0) is 0 Å². The Morgan fingerprint density at radius 2 is 1.47 bits per heavy atom. The number of Topliss-reactive ketones (excluding diaryl/α,β-unsaturated/α-hetero) is 1. The smallest absolute Gasteiger partial charge is 0.196 e. The van der Waals surface area contributed by atoms with Crippen molar-refractivity contribution in [2.45, 2.75) is 0 Å². The van der Waals surface area contributed by atoms with Gasteiger partial charge in [0.15, 0.2) is 5.78 Å². The maximum Gasteiger partial charge on any atom is 0.196 e. The molecule has 4 N–H and O–H groups in total. The van der Waals surface area contributed by atoms with Gasteiger partial charge in [-0.25, -0.2) is 0 Å². The van der Waals surface area contributed by atoms with Crippen LogP contribution < -0.4 is 5.73 Å². The van der Waals surface area contributed by atoms with E-state index in [-0.39, 0.29) is 17.3 Å². The highest BCUT2D eigenvalue weighted by Gasteiger charge is 2.29. The molecule has 0 radical (unpaired) electrons. The van der Waals surface area contributed by atoms with Crippen LogP contribution in [-0.4, -0.2) is 16.0 Å². The Hall–Kier alpha value is -2.75. The zero-order chi connectivity index (χ0) is 13.6. The average Bonchev–Trinajstić information content (AvgIpc) is 2.63. The second kappa shape index (κ2) is 3.88. The van der Waals surface area contributed by atoms with E-state index in [2.05, 4.69) is 0 Å². The van der Waals surface area contributed by atoms with Crippen LogP contribution in [0.15, 0.2) is 42.5 Å². The molecule has 19 heavy (non-hydrogen) atoms. The second-order valence-electron chi connectivity index (χ2n) is 4.39. The molecule has 0 fully saturated rings. The van der Waals surface area contributed by atoms with E-state index < -0.39 is 0 Å². The zero-order valence-electron chi connectivity index (χ0n) is 9.92. The highest BCUT2D eigenvalue weighted by molar-refractivity contribution is 6.39. The molecule has 2 aromatic rings. The minimum absolute atomic E-state index is 0.0708. The van der Waals surface area contributed by atoms with Gasteiger partial charge in [-0.2, -0.15) is 0 Å². The first-order valence-electron chi connectivity index (χ1n) is 5.75. The predicted octanol–water partition coefficient (Wildman–Crippen LogP) is 2.12. The second-order valence-corrected chi connectivity index (χ2v) is 4.39. The van der Waals surface area contributed by atoms with Gasteiger partial charge in [0.2, 0.25) is 0 Å². The summed E-state index contributed by atoms with van der Waals surface area (Å²) in [6, 6.07) is 10.8. The molecule has 4 nitrogen and oxygen atoms in total. The first-order chi connectivity index (χ1) is 9.08. The van der Waals surface area contributed by atoms with Gasteiger partial charge in [0.1, 0.15) is 11.5 Å². The summed E-state index contributed by atoms with van der Waals surface area (Å²) in [6.45, 7) is 0. The minimum Gasteiger partial charge on any atom is -0.508 e. The van der Waals surface area contributed by atoms with Gasteiger partial charge in [0, 0.05) is 11.1 Å². The molecule has 94 valence electrons. The molecule has 4 heteroatoms. The Labute approximate surface area is 109 Å². The third-order valence-corrected chi connectivity index (χ3v) is 3.19. The normalized spacial score (nSPS) is 13.8. The van der Waals surface area contributed by atoms with Crippen molar-refractivity contribution in [3.63, 3.8) is 0 Å². The molecule has 0 aromatic heterocycles. The predicted molar refractivity (Wildman–Crippen MR) is 71.5 cm³/mol. The molecule has 3 rings (SSSR count). The van der Waals surface area contributed by atoms with Crippen molar-refractivity contribution in [1.29, 1.82) is 0 Å². The maximum atomic E-state index is 12.3. The lowest BCUT2D eigenvalue weighted by molar-refractivity contribution is 0.105. The number of ketones is 1. The number of benzene rings is 2. The number of rotatable bonds is 1. The van der Waals surface area contributed by atoms with Gasteiger partial charge in [-0.3, -0.25) is 4.79 Å². The summed E-state index contributed by atoms with van der Waals surface area (Å²) in [5.74, 6) is 0.0307. The Balaban J connectivity index is 2.18. The van der Waals surface area contributed by atoms with E-state index in [0.717, 1.165) is 0 Å². The van der Waals surface area contributed by atoms with Crippen LogP contribution in [0.25, 0.3) is 11.3 Å². The molecule has 0 saturated carbocycles. The third kappa shape index (κ3) is 1.65. The minimum atomic E-state index is -0.168. The molecule has 0 atom stereocenters. The number of aromatic hydroxyl groups is 2. The molecule has 0 aliphatic heterocycles. The van der Waals surface area contributed by atoms with Gasteiger partial charge in [0.05, 0.1) is 11.3 Å². The van der Waals surface area contributed by atoms with Crippen molar-refractivity contribution in [1.82, 2.24) is 0 Å². The lowest BCUT2D eigenvalue weighted by Gasteiger charge is -2.03. The van der Waals surface area contributed by atoms with Crippen LogP contribution in [0.4, 0.5) is 0 Å². The van der Waals surface area contributed by atoms with Crippen LogP contribution in [0, 0.1) is 0 Å². The highest BCUT2D eigenvalue weighted by Crippen LogP contribution is 2.37. The summed E-state index contributed by atoms with van der Waals surface area (Å²) in [6.07, 6.45) is 0. The summed E-state index contributed by atoms with van der Waals surface area (Å²) in [7, 11) is 0. The van der Waals surface area contributed by atoms with Crippen molar-refractivity contribution < 1.29 is 15.0 Å². The molecule has 0 bridgehead atoms. The monoisotopic (exact) mass is 253 g/mol. The van der Waals surface area contributed by atoms with E-state index in [4.69, 9.17) is 5.73 Å². The third-order valence-electron chi connectivity index (χ3n) is 3.19. The van der Waals surface area contributed by atoms with Crippen LogP contribution in [0.2, 0.25) is 0 Å². The SMILES string of the molecule is NC1=C(c2ccc(O)cc2)C(=O)c2ccc(O)cc21. The van der Waals surface area contributed by atoms with Crippen molar-refractivity contribution in [3.8, 4) is 11.5 Å². The van der Waals surface area contributed by atoms with E-state index in [0.29, 0.717) is 28.0 Å². The summed E-state index contributed by atoms with van der Waals surface area (Å²) >= 11 is 0. The van der Waals surface area contributed by atoms with Crippen molar-refractivity contribution >= 4 is 17.1 Å². The van der Waals surface area contributed by atoms with Crippen LogP contribution in [0.5, 0.6) is 11.5 Å². The molecular weight excluding hydrogens is 242 g/mol. The molecule has 0 spiro atoms. The quantitative estimate of drug-likeness (QED) is 0.726. The first-order valence-corrected chi connectivity index (χ1v) is 5.75. The molecule has 1 aliphatic carbocycles. The number of nitrogens with two attached hydrogens (primary N) is 1. The number of hydrogen-bond acceptors (Lipinski definition) is 4. The maximum absolute atomic E-state index is 12.3. The fraction of sp³-hybridized carbons (Fsp3) is 0. The fourth-order valence-electron chi connectivity index (χ4n) is 2.26. The first kappa shape index (κ1) is 11.3. The topological polar surface area (TPSA) is 83.5 Å². The highest BCUT2D eigenvalue weighted by atomic mass is 16.3. The van der Waals surface area contributed by atoms with Crippen LogP contribution in [0.1, 0.15) is 21.5 Å². The average molecular weight is 253 g/mol. The number of allylic oxidation sites excluding steroid dienone is 1. The number of phenolic OH excluding ortho intramolecular Hbond substituents is 2. The van der Waals surface area contributed by atoms with E-state index in [1.54, 1.807) is 18.2 Å². The fourth-order valence-corrected chi connectivity index (χ4v) is 2.26. The molecule has 2 aromatic carbocycles. The van der Waals surface area contributed by atoms with E-state index >= 15 is 0 Å². The molecule has 0 amide bonds. The zero-order valence-corrected chi connectivity index (χ0v) is 9.92. The van der Waals surface area contributed by atoms with E-state index in [1.165, 1.54) is 24.3 Å². The van der Waals surface area contributed by atoms with Crippen molar-refractivity contribution in [3.05, 3.63) is 59.2 Å². The molecule has 0 heterocycles. The van der Waals surface area contributed by atoms with Crippen LogP contribution in [0.3, 0.4) is 0 Å². The van der Waals surface area contributed by atoms with Gasteiger partial charge in [-0.05, 0) is 35.9 Å².